The van der Waals surface area contributed by atoms with Crippen molar-refractivity contribution in [2.45, 2.75) is 6.42 Å². The molecule has 1 aromatic carbocycles. The Hall–Kier alpha value is -2.57. The van der Waals surface area contributed by atoms with Crippen molar-refractivity contribution in [3.8, 4) is 11.6 Å². The van der Waals surface area contributed by atoms with E-state index in [0.717, 1.165) is 24.7 Å². The topological polar surface area (TPSA) is 76.5 Å². The van der Waals surface area contributed by atoms with Gasteiger partial charge in [0.1, 0.15) is 17.7 Å². The fraction of sp³-hybridized carbons (Fsp3) is 0.167. The van der Waals surface area contributed by atoms with Crippen LogP contribution in [0.25, 0.3) is 0 Å². The summed E-state index contributed by atoms with van der Waals surface area (Å²) in [7, 11) is 0. The van der Waals surface area contributed by atoms with E-state index in [0.29, 0.717) is 5.69 Å². The molecule has 1 aliphatic heterocycles. The van der Waals surface area contributed by atoms with E-state index < -0.39 is 5.82 Å². The van der Waals surface area contributed by atoms with Gasteiger partial charge in [-0.05, 0) is 17.3 Å². The second-order valence-electron chi connectivity index (χ2n) is 3.99. The Morgan fingerprint density at radius 2 is 2.26 bits per heavy atom. The second-order valence-corrected chi connectivity index (χ2v) is 3.99. The number of halogens is 1. The summed E-state index contributed by atoms with van der Waals surface area (Å²) in [5.74, 6) is -0.405. The van der Waals surface area contributed by atoms with Crippen LogP contribution in [0.1, 0.15) is 5.69 Å². The maximum Gasteiger partial charge on any atom is 0.246 e. The highest BCUT2D eigenvalue weighted by Crippen LogP contribution is 2.34. The minimum absolute atomic E-state index is 0.0101. The monoisotopic (exact) mass is 260 g/mol. The molecule has 96 valence electrons. The van der Waals surface area contributed by atoms with Crippen LogP contribution in [0.5, 0.6) is 11.6 Å². The van der Waals surface area contributed by atoms with Gasteiger partial charge in [0.25, 0.3) is 0 Å². The second kappa shape index (κ2) is 4.60. The normalized spacial score (nSPS) is 12.7. The van der Waals surface area contributed by atoms with Crippen molar-refractivity contribution >= 4 is 11.4 Å². The van der Waals surface area contributed by atoms with Crippen LogP contribution in [0.3, 0.4) is 0 Å². The summed E-state index contributed by atoms with van der Waals surface area (Å²) in [6.45, 7) is 0.751. The fourth-order valence-electron chi connectivity index (χ4n) is 1.89. The van der Waals surface area contributed by atoms with Gasteiger partial charge in [0, 0.05) is 19.0 Å². The number of ether oxygens (including phenoxy) is 1. The van der Waals surface area contributed by atoms with Crippen LogP contribution < -0.4 is 10.1 Å². The summed E-state index contributed by atoms with van der Waals surface area (Å²) in [6, 6.07) is 3.73. The Labute approximate surface area is 107 Å². The molecule has 0 radical (unpaired) electrons. The van der Waals surface area contributed by atoms with Crippen molar-refractivity contribution in [3.63, 3.8) is 0 Å². The van der Waals surface area contributed by atoms with Gasteiger partial charge in [-0.15, -0.1) is 4.91 Å². The zero-order chi connectivity index (χ0) is 13.2. The third-order valence-electron chi connectivity index (χ3n) is 2.78. The SMILES string of the molecule is O=Nc1ccc(Oc2ncnc3c2NCC3)c(F)c1. The predicted molar refractivity (Wildman–Crippen MR) is 66.2 cm³/mol. The lowest BCUT2D eigenvalue weighted by atomic mass is 10.3. The number of hydrogen-bond donors (Lipinski definition) is 1. The molecule has 19 heavy (non-hydrogen) atoms. The van der Waals surface area contributed by atoms with Crippen LogP contribution in [0, 0.1) is 10.7 Å². The molecule has 0 atom stereocenters. The molecule has 6 nitrogen and oxygen atoms in total. The zero-order valence-electron chi connectivity index (χ0n) is 9.76. The molecule has 1 N–H and O–H groups in total. The van der Waals surface area contributed by atoms with Gasteiger partial charge in [-0.3, -0.25) is 0 Å². The number of rotatable bonds is 3. The van der Waals surface area contributed by atoms with Crippen LogP contribution in [0.2, 0.25) is 0 Å². The van der Waals surface area contributed by atoms with Crippen LogP contribution >= 0.6 is 0 Å². The molecule has 0 spiro atoms. The molecule has 1 aromatic heterocycles. The summed E-state index contributed by atoms with van der Waals surface area (Å²) < 4.78 is 19.1. The summed E-state index contributed by atoms with van der Waals surface area (Å²) in [6.07, 6.45) is 2.16. The fourth-order valence-corrected chi connectivity index (χ4v) is 1.89. The van der Waals surface area contributed by atoms with E-state index in [-0.39, 0.29) is 17.3 Å². The number of aromatic nitrogens is 2. The Morgan fingerprint density at radius 3 is 3.05 bits per heavy atom. The third kappa shape index (κ3) is 2.10. The molecule has 0 saturated heterocycles. The van der Waals surface area contributed by atoms with Gasteiger partial charge >= 0.3 is 0 Å². The zero-order valence-corrected chi connectivity index (χ0v) is 9.76. The summed E-state index contributed by atoms with van der Waals surface area (Å²) in [5.41, 5.74) is 1.53. The standard InChI is InChI=1S/C12H9FN4O2/c13-8-5-7(17-18)1-2-10(8)19-12-11-9(3-4-14-11)15-6-16-12/h1-2,5-6,14H,3-4H2. The van der Waals surface area contributed by atoms with E-state index in [4.69, 9.17) is 4.74 Å². The molecule has 2 aromatic rings. The summed E-state index contributed by atoms with van der Waals surface area (Å²) in [4.78, 5) is 18.4. The molecule has 0 fully saturated rings. The molecule has 0 saturated carbocycles. The average Bonchev–Trinajstić information content (AvgIpc) is 2.90. The predicted octanol–water partition coefficient (Wildman–Crippen LogP) is 2.77. The number of nitrogens with zero attached hydrogens (tertiary/aromatic N) is 3. The lowest BCUT2D eigenvalue weighted by molar-refractivity contribution is 0.428. The molecular weight excluding hydrogens is 251 g/mol. The molecule has 0 unspecified atom stereocenters. The van der Waals surface area contributed by atoms with Crippen molar-refractivity contribution in [2.75, 3.05) is 11.9 Å². The van der Waals surface area contributed by atoms with E-state index in [9.17, 15) is 9.30 Å². The van der Waals surface area contributed by atoms with Gasteiger partial charge in [0.2, 0.25) is 5.88 Å². The van der Waals surface area contributed by atoms with Crippen molar-refractivity contribution in [1.82, 2.24) is 9.97 Å². The summed E-state index contributed by atoms with van der Waals surface area (Å²) >= 11 is 0. The quantitative estimate of drug-likeness (QED) is 0.858. The molecule has 1 aliphatic rings. The first-order valence-corrected chi connectivity index (χ1v) is 5.66. The first-order chi connectivity index (χ1) is 9.28. The smallest absolute Gasteiger partial charge is 0.246 e. The van der Waals surface area contributed by atoms with E-state index in [1.165, 1.54) is 18.5 Å². The molecule has 3 rings (SSSR count). The molecule has 0 aliphatic carbocycles. The number of nitroso groups, excluding NO2 is 1. The number of anilines is 1. The Bertz CT molecular complexity index is 648. The van der Waals surface area contributed by atoms with Gasteiger partial charge in [-0.1, -0.05) is 0 Å². The van der Waals surface area contributed by atoms with E-state index in [1.54, 1.807) is 0 Å². The maximum atomic E-state index is 13.7. The molecule has 2 heterocycles. The molecule has 0 amide bonds. The lowest BCUT2D eigenvalue weighted by Gasteiger charge is -2.09. The van der Waals surface area contributed by atoms with Gasteiger partial charge in [-0.25, -0.2) is 9.37 Å². The molecule has 7 heteroatoms. The van der Waals surface area contributed by atoms with E-state index >= 15 is 0 Å². The van der Waals surface area contributed by atoms with Crippen LogP contribution in [-0.2, 0) is 6.42 Å². The van der Waals surface area contributed by atoms with Gasteiger partial charge in [0.15, 0.2) is 11.6 Å². The highest BCUT2D eigenvalue weighted by Gasteiger charge is 2.19. The Morgan fingerprint density at radius 1 is 1.37 bits per heavy atom. The van der Waals surface area contributed by atoms with Crippen molar-refractivity contribution in [3.05, 3.63) is 40.9 Å². The van der Waals surface area contributed by atoms with Gasteiger partial charge in [0.05, 0.1) is 5.69 Å². The first-order valence-electron chi connectivity index (χ1n) is 5.66. The van der Waals surface area contributed by atoms with E-state index in [2.05, 4.69) is 20.5 Å². The average molecular weight is 260 g/mol. The van der Waals surface area contributed by atoms with Crippen molar-refractivity contribution in [1.29, 1.82) is 0 Å². The molecule has 0 bridgehead atoms. The third-order valence-corrected chi connectivity index (χ3v) is 2.78. The van der Waals surface area contributed by atoms with Crippen LogP contribution in [0.15, 0.2) is 29.7 Å². The number of nitrogens with one attached hydrogen (secondary N) is 1. The number of hydrogen-bond acceptors (Lipinski definition) is 6. The molecular formula is C12H9FN4O2. The minimum atomic E-state index is -0.664. The number of fused-ring (bicyclic) bond motifs is 1. The van der Waals surface area contributed by atoms with Gasteiger partial charge < -0.3 is 10.1 Å². The highest BCUT2D eigenvalue weighted by atomic mass is 19.1. The van der Waals surface area contributed by atoms with Crippen molar-refractivity contribution < 1.29 is 9.13 Å². The Balaban J connectivity index is 1.94. The maximum absolute atomic E-state index is 13.7. The minimum Gasteiger partial charge on any atom is -0.434 e. The van der Waals surface area contributed by atoms with Crippen LogP contribution in [-0.4, -0.2) is 16.5 Å². The van der Waals surface area contributed by atoms with Gasteiger partial charge in [-0.2, -0.15) is 4.98 Å². The van der Waals surface area contributed by atoms with E-state index in [1.807, 2.05) is 0 Å². The Kier molecular flexibility index (Phi) is 2.79. The highest BCUT2D eigenvalue weighted by molar-refractivity contribution is 5.60. The largest absolute Gasteiger partial charge is 0.434 e. The summed E-state index contributed by atoms with van der Waals surface area (Å²) in [5, 5.41) is 5.74. The lowest BCUT2D eigenvalue weighted by Crippen LogP contribution is -1.97. The van der Waals surface area contributed by atoms with Crippen LogP contribution in [0.4, 0.5) is 15.8 Å². The number of benzene rings is 1. The van der Waals surface area contributed by atoms with Crippen molar-refractivity contribution in [2.24, 2.45) is 5.18 Å². The first kappa shape index (κ1) is 11.5.